The van der Waals surface area contributed by atoms with Crippen molar-refractivity contribution in [2.75, 3.05) is 31.6 Å². The van der Waals surface area contributed by atoms with Crippen LogP contribution in [0, 0.1) is 0 Å². The lowest BCUT2D eigenvalue weighted by molar-refractivity contribution is -0.121. The quantitative estimate of drug-likeness (QED) is 0.684. The van der Waals surface area contributed by atoms with Crippen LogP contribution in [0.25, 0.3) is 10.4 Å². The van der Waals surface area contributed by atoms with Crippen molar-refractivity contribution in [2.24, 2.45) is 0 Å². The summed E-state index contributed by atoms with van der Waals surface area (Å²) < 4.78 is 10.9. The van der Waals surface area contributed by atoms with Crippen LogP contribution < -0.4 is 5.32 Å². The maximum absolute atomic E-state index is 12.7. The van der Waals surface area contributed by atoms with Gasteiger partial charge in [0, 0.05) is 23.0 Å². The Balaban J connectivity index is 1.78. The fraction of sp³-hybridized carbons (Fsp3) is 0.429. The minimum absolute atomic E-state index is 0.0827. The van der Waals surface area contributed by atoms with Crippen molar-refractivity contribution in [3.8, 4) is 10.4 Å². The lowest BCUT2D eigenvalue weighted by atomic mass is 10.2. The minimum atomic E-state index is -0.443. The minimum Gasteiger partial charge on any atom is -0.462 e. The summed E-state index contributed by atoms with van der Waals surface area (Å²) in [6, 6.07) is 9.15. The summed E-state index contributed by atoms with van der Waals surface area (Å²) in [5, 5.41) is 3.53. The standard InChI is InChI=1S/C21H25ClN2O4S/c1-4-27-21(26)20-17(9-18(29-20)15-5-7-16(22)8-6-15)23-19(25)12-24-10-13(2)28-14(3)11-24/h5-9,13-14H,4,10-12H2,1-3H3,(H,23,25)/t13-,14-/m1/s1. The molecule has 0 radical (unpaired) electrons. The van der Waals surface area contributed by atoms with Crippen molar-refractivity contribution in [1.29, 1.82) is 0 Å². The number of carbonyl (C=O) groups excluding carboxylic acids is 2. The highest BCUT2D eigenvalue weighted by atomic mass is 35.5. The van der Waals surface area contributed by atoms with Gasteiger partial charge in [-0.2, -0.15) is 0 Å². The summed E-state index contributed by atoms with van der Waals surface area (Å²) >= 11 is 7.26. The fourth-order valence-corrected chi connectivity index (χ4v) is 4.53. The van der Waals surface area contributed by atoms with Gasteiger partial charge in [-0.1, -0.05) is 23.7 Å². The predicted molar refractivity (Wildman–Crippen MR) is 116 cm³/mol. The third-order valence-corrected chi connectivity index (χ3v) is 5.87. The first-order valence-electron chi connectivity index (χ1n) is 9.60. The molecule has 1 fully saturated rings. The van der Waals surface area contributed by atoms with Gasteiger partial charge in [0.2, 0.25) is 5.91 Å². The second kappa shape index (κ2) is 9.71. The molecular formula is C21H25ClN2O4S. The van der Waals surface area contributed by atoms with Gasteiger partial charge < -0.3 is 14.8 Å². The lowest BCUT2D eigenvalue weighted by Crippen LogP contribution is -2.48. The number of nitrogens with one attached hydrogen (secondary N) is 1. The van der Waals surface area contributed by atoms with E-state index in [-0.39, 0.29) is 31.3 Å². The van der Waals surface area contributed by atoms with Crippen LogP contribution in [0.5, 0.6) is 0 Å². The van der Waals surface area contributed by atoms with Crippen LogP contribution in [0.4, 0.5) is 5.69 Å². The number of hydrogen-bond acceptors (Lipinski definition) is 6. The van der Waals surface area contributed by atoms with Gasteiger partial charge in [0.15, 0.2) is 0 Å². The first-order valence-corrected chi connectivity index (χ1v) is 10.8. The molecule has 1 aliphatic rings. The Hall–Kier alpha value is -1.93. The smallest absolute Gasteiger partial charge is 0.350 e. The van der Waals surface area contributed by atoms with E-state index in [1.54, 1.807) is 19.1 Å². The van der Waals surface area contributed by atoms with Crippen LogP contribution in [0.3, 0.4) is 0 Å². The maximum atomic E-state index is 12.7. The third kappa shape index (κ3) is 5.79. The SMILES string of the molecule is CCOC(=O)c1sc(-c2ccc(Cl)cc2)cc1NC(=O)CN1C[C@@H](C)O[C@H](C)C1. The first kappa shape index (κ1) is 21.8. The number of halogens is 1. The molecule has 1 N–H and O–H groups in total. The monoisotopic (exact) mass is 436 g/mol. The first-order chi connectivity index (χ1) is 13.9. The van der Waals surface area contributed by atoms with Crippen molar-refractivity contribution < 1.29 is 19.1 Å². The summed E-state index contributed by atoms with van der Waals surface area (Å²) in [5.74, 6) is -0.612. The molecule has 1 aromatic carbocycles. The molecule has 156 valence electrons. The van der Waals surface area contributed by atoms with Crippen LogP contribution in [0.15, 0.2) is 30.3 Å². The van der Waals surface area contributed by atoms with E-state index in [1.165, 1.54) is 11.3 Å². The van der Waals surface area contributed by atoms with Gasteiger partial charge in [-0.15, -0.1) is 11.3 Å². The average Bonchev–Trinajstić information content (AvgIpc) is 3.05. The van der Waals surface area contributed by atoms with Crippen molar-refractivity contribution in [3.05, 3.63) is 40.2 Å². The van der Waals surface area contributed by atoms with Crippen LogP contribution >= 0.6 is 22.9 Å². The number of amides is 1. The highest BCUT2D eigenvalue weighted by molar-refractivity contribution is 7.18. The molecule has 0 unspecified atom stereocenters. The van der Waals surface area contributed by atoms with Gasteiger partial charge >= 0.3 is 5.97 Å². The average molecular weight is 437 g/mol. The Morgan fingerprint density at radius 3 is 2.52 bits per heavy atom. The van der Waals surface area contributed by atoms with E-state index >= 15 is 0 Å². The van der Waals surface area contributed by atoms with Crippen molar-refractivity contribution >= 4 is 40.5 Å². The van der Waals surface area contributed by atoms with Crippen molar-refractivity contribution in [3.63, 3.8) is 0 Å². The maximum Gasteiger partial charge on any atom is 0.350 e. The van der Waals surface area contributed by atoms with Gasteiger partial charge in [0.05, 0.1) is 31.0 Å². The van der Waals surface area contributed by atoms with E-state index in [2.05, 4.69) is 10.2 Å². The molecule has 0 bridgehead atoms. The Kier molecular flexibility index (Phi) is 7.29. The number of esters is 1. The third-order valence-electron chi connectivity index (χ3n) is 4.46. The zero-order valence-corrected chi connectivity index (χ0v) is 18.3. The largest absolute Gasteiger partial charge is 0.462 e. The van der Waals surface area contributed by atoms with Gasteiger partial charge in [-0.3, -0.25) is 9.69 Å². The van der Waals surface area contributed by atoms with E-state index in [0.717, 1.165) is 10.4 Å². The Morgan fingerprint density at radius 1 is 1.24 bits per heavy atom. The van der Waals surface area contributed by atoms with Crippen LogP contribution in [-0.4, -0.2) is 55.2 Å². The van der Waals surface area contributed by atoms with Crippen LogP contribution in [0.2, 0.25) is 5.02 Å². The summed E-state index contributed by atoms with van der Waals surface area (Å²) in [6.45, 7) is 7.65. The highest BCUT2D eigenvalue weighted by Gasteiger charge is 2.25. The second-order valence-electron chi connectivity index (χ2n) is 7.08. The molecule has 1 amide bonds. The van der Waals surface area contributed by atoms with Gasteiger partial charge in [-0.25, -0.2) is 4.79 Å². The van der Waals surface area contributed by atoms with E-state index < -0.39 is 5.97 Å². The number of benzene rings is 1. The number of carbonyl (C=O) groups is 2. The van der Waals surface area contributed by atoms with Crippen LogP contribution in [0.1, 0.15) is 30.4 Å². The Morgan fingerprint density at radius 2 is 1.90 bits per heavy atom. The summed E-state index contributed by atoms with van der Waals surface area (Å²) in [5.41, 5.74) is 1.39. The molecule has 0 spiro atoms. The van der Waals surface area contributed by atoms with E-state index in [9.17, 15) is 9.59 Å². The number of rotatable bonds is 6. The van der Waals surface area contributed by atoms with E-state index in [0.29, 0.717) is 28.7 Å². The predicted octanol–water partition coefficient (Wildman–Crippen LogP) is 4.29. The number of hydrogen-bond donors (Lipinski definition) is 1. The zero-order valence-electron chi connectivity index (χ0n) is 16.7. The molecule has 3 rings (SSSR count). The van der Waals surface area contributed by atoms with Gasteiger partial charge in [0.1, 0.15) is 4.88 Å². The normalized spacial score (nSPS) is 19.7. The van der Waals surface area contributed by atoms with E-state index in [4.69, 9.17) is 21.1 Å². The molecule has 0 aliphatic carbocycles. The molecule has 1 saturated heterocycles. The Labute approximate surface area is 179 Å². The summed E-state index contributed by atoms with van der Waals surface area (Å²) in [4.78, 5) is 28.4. The topological polar surface area (TPSA) is 67.9 Å². The second-order valence-corrected chi connectivity index (χ2v) is 8.57. The lowest BCUT2D eigenvalue weighted by Gasteiger charge is -2.34. The molecule has 1 aromatic heterocycles. The molecule has 1 aliphatic heterocycles. The fourth-order valence-electron chi connectivity index (χ4n) is 3.39. The number of thiophene rings is 1. The number of nitrogens with zero attached hydrogens (tertiary/aromatic N) is 1. The zero-order chi connectivity index (χ0) is 21.0. The number of ether oxygens (including phenoxy) is 2. The number of morpholine rings is 1. The summed E-state index contributed by atoms with van der Waals surface area (Å²) in [7, 11) is 0. The molecule has 2 atom stereocenters. The van der Waals surface area contributed by atoms with Gasteiger partial charge in [-0.05, 0) is 44.5 Å². The van der Waals surface area contributed by atoms with Crippen LogP contribution in [-0.2, 0) is 14.3 Å². The highest BCUT2D eigenvalue weighted by Crippen LogP contribution is 2.36. The van der Waals surface area contributed by atoms with Gasteiger partial charge in [0.25, 0.3) is 0 Å². The molecule has 6 nitrogen and oxygen atoms in total. The number of anilines is 1. The summed E-state index contributed by atoms with van der Waals surface area (Å²) in [6.07, 6.45) is 0.165. The molecular weight excluding hydrogens is 412 g/mol. The molecule has 2 heterocycles. The van der Waals surface area contributed by atoms with Crippen molar-refractivity contribution in [1.82, 2.24) is 4.90 Å². The molecule has 29 heavy (non-hydrogen) atoms. The Bertz CT molecular complexity index is 858. The molecule has 0 saturated carbocycles. The molecule has 8 heteroatoms. The molecule has 2 aromatic rings. The van der Waals surface area contributed by atoms with E-state index in [1.807, 2.05) is 32.0 Å². The van der Waals surface area contributed by atoms with Crippen molar-refractivity contribution in [2.45, 2.75) is 33.0 Å².